The Kier molecular flexibility index (Phi) is 14.2. The molecule has 2 aromatic rings. The fraction of sp³-hybridized carbons (Fsp3) is 0.350. The third-order valence-corrected chi connectivity index (χ3v) is 4.18. The Labute approximate surface area is 188 Å². The Balaban J connectivity index is 0.00000235. The second kappa shape index (κ2) is 14.8. The molecule has 0 aliphatic heterocycles. The van der Waals surface area contributed by atoms with Crippen LogP contribution in [0.5, 0.6) is 5.75 Å². The molecule has 0 radical (unpaired) electrons. The van der Waals surface area contributed by atoms with E-state index < -0.39 is 24.1 Å². The maximum atomic E-state index is 11.6. The Morgan fingerprint density at radius 1 is 1.07 bits per heavy atom. The first-order chi connectivity index (χ1) is 13.0. The molecular formula is C20H25O5PSTi. The number of carbonyl (C=O) groups is 1. The minimum atomic E-state index is -1.10. The quantitative estimate of drug-likeness (QED) is 0.445. The first-order valence-corrected chi connectivity index (χ1v) is 10.0. The zero-order valence-electron chi connectivity index (χ0n) is 15.9. The molecule has 0 saturated carbocycles. The monoisotopic (exact) mass is 456 g/mol. The van der Waals surface area contributed by atoms with E-state index in [1.807, 2.05) is 54.6 Å². The molecule has 0 fully saturated rings. The SMILES string of the molecule is COc1ccc(COC(C)C(O)C(Cc2ccccc2)C(=O)O)cc1.P=S.[Ti]. The summed E-state index contributed by atoms with van der Waals surface area (Å²) >= 11 is 3.89. The van der Waals surface area contributed by atoms with E-state index in [1.54, 1.807) is 14.0 Å². The molecule has 150 valence electrons. The molecular weight excluding hydrogens is 431 g/mol. The summed E-state index contributed by atoms with van der Waals surface area (Å²) < 4.78 is 10.8. The van der Waals surface area contributed by atoms with Gasteiger partial charge in [0.25, 0.3) is 0 Å². The van der Waals surface area contributed by atoms with Gasteiger partial charge in [0.2, 0.25) is 0 Å². The smallest absolute Gasteiger partial charge is 0.309 e. The van der Waals surface area contributed by atoms with Crippen LogP contribution in [0.3, 0.4) is 0 Å². The number of rotatable bonds is 9. The van der Waals surface area contributed by atoms with E-state index in [4.69, 9.17) is 9.47 Å². The summed E-state index contributed by atoms with van der Waals surface area (Å²) in [6, 6.07) is 16.7. The maximum Gasteiger partial charge on any atom is 0.309 e. The van der Waals surface area contributed by atoms with Crippen LogP contribution in [-0.2, 0) is 56.1 Å². The van der Waals surface area contributed by atoms with Crippen LogP contribution in [0.1, 0.15) is 18.1 Å². The zero-order chi connectivity index (χ0) is 20.2. The molecule has 0 amide bonds. The molecule has 0 bridgehead atoms. The number of carboxylic acids is 1. The summed E-state index contributed by atoms with van der Waals surface area (Å²) in [6.07, 6.45) is -1.45. The fourth-order valence-corrected chi connectivity index (χ4v) is 2.60. The molecule has 28 heavy (non-hydrogen) atoms. The molecule has 2 aromatic carbocycles. The van der Waals surface area contributed by atoms with Gasteiger partial charge in [-0.3, -0.25) is 4.79 Å². The van der Waals surface area contributed by atoms with Crippen molar-refractivity contribution in [3.8, 4) is 5.75 Å². The van der Waals surface area contributed by atoms with Crippen molar-refractivity contribution in [1.82, 2.24) is 0 Å². The number of benzene rings is 2. The van der Waals surface area contributed by atoms with E-state index >= 15 is 0 Å². The van der Waals surface area contributed by atoms with Gasteiger partial charge in [0.05, 0.1) is 31.8 Å². The summed E-state index contributed by atoms with van der Waals surface area (Å²) in [5, 5.41) is 19.9. The topological polar surface area (TPSA) is 76.0 Å². The number of aliphatic hydroxyl groups excluding tert-OH is 1. The maximum absolute atomic E-state index is 11.6. The van der Waals surface area contributed by atoms with Gasteiger partial charge in [-0.15, -0.1) is 0 Å². The number of ether oxygens (including phenoxy) is 2. The second-order valence-corrected chi connectivity index (χ2v) is 5.99. The normalized spacial score (nSPS) is 13.1. The van der Waals surface area contributed by atoms with Crippen molar-refractivity contribution in [2.45, 2.75) is 32.2 Å². The van der Waals surface area contributed by atoms with Gasteiger partial charge in [0.1, 0.15) is 5.75 Å². The van der Waals surface area contributed by atoms with Gasteiger partial charge >= 0.3 is 5.97 Å². The average Bonchev–Trinajstić information content (AvgIpc) is 2.72. The zero-order valence-corrected chi connectivity index (χ0v) is 19.2. The molecule has 0 aliphatic carbocycles. The molecule has 0 saturated heterocycles. The minimum absolute atomic E-state index is 0. The molecule has 5 nitrogen and oxygen atoms in total. The average molecular weight is 456 g/mol. The van der Waals surface area contributed by atoms with Crippen molar-refractivity contribution in [2.75, 3.05) is 7.11 Å². The minimum Gasteiger partial charge on any atom is -0.497 e. The van der Waals surface area contributed by atoms with Gasteiger partial charge in [0, 0.05) is 21.7 Å². The summed E-state index contributed by atoms with van der Waals surface area (Å²) in [7, 11) is 4.16. The number of carboxylic acid groups (broad SMARTS) is 1. The number of hydrogen-bond donors (Lipinski definition) is 2. The standard InChI is InChI=1S/C20H24O5.HPS.Ti/c1-14(25-13-16-8-10-17(24-2)11-9-16)19(21)18(20(22)23)12-15-6-4-3-5-7-15;1-2;/h3-11,14,18-19,21H,12-13H2,1-2H3,(H,22,23);1H;. The van der Waals surface area contributed by atoms with Gasteiger partial charge in [0.15, 0.2) is 0 Å². The number of methoxy groups -OCH3 is 1. The molecule has 0 spiro atoms. The van der Waals surface area contributed by atoms with Gasteiger partial charge in [-0.1, -0.05) is 54.3 Å². The van der Waals surface area contributed by atoms with Crippen LogP contribution in [0.2, 0.25) is 0 Å². The van der Waals surface area contributed by atoms with Crippen molar-refractivity contribution >= 4 is 25.8 Å². The van der Waals surface area contributed by atoms with E-state index in [0.717, 1.165) is 16.9 Å². The van der Waals surface area contributed by atoms with Gasteiger partial charge in [-0.05, 0) is 44.6 Å². The summed E-state index contributed by atoms with van der Waals surface area (Å²) in [6.45, 7) is 1.98. The number of hydrogen-bond acceptors (Lipinski definition) is 5. The molecule has 0 aromatic heterocycles. The van der Waals surface area contributed by atoms with Crippen molar-refractivity contribution in [3.63, 3.8) is 0 Å². The third-order valence-electron chi connectivity index (χ3n) is 4.18. The van der Waals surface area contributed by atoms with Crippen LogP contribution >= 0.6 is 8.02 Å². The van der Waals surface area contributed by atoms with Crippen molar-refractivity contribution in [1.29, 1.82) is 0 Å². The summed E-state index contributed by atoms with van der Waals surface area (Å²) in [5.41, 5.74) is 1.80. The van der Waals surface area contributed by atoms with Crippen LogP contribution in [-0.4, -0.2) is 35.5 Å². The van der Waals surface area contributed by atoms with Gasteiger partial charge in [-0.2, -0.15) is 0 Å². The Morgan fingerprint density at radius 2 is 1.64 bits per heavy atom. The van der Waals surface area contributed by atoms with Crippen molar-refractivity contribution in [2.24, 2.45) is 5.92 Å². The predicted molar refractivity (Wildman–Crippen MR) is 110 cm³/mol. The Hall–Kier alpha value is -1.14. The molecule has 2 N–H and O–H groups in total. The van der Waals surface area contributed by atoms with Gasteiger partial charge in [-0.25, -0.2) is 0 Å². The molecule has 3 unspecified atom stereocenters. The molecule has 2 rings (SSSR count). The fourth-order valence-electron chi connectivity index (χ4n) is 2.60. The third kappa shape index (κ3) is 8.91. The first-order valence-electron chi connectivity index (χ1n) is 8.41. The van der Waals surface area contributed by atoms with E-state index in [0.29, 0.717) is 6.61 Å². The predicted octanol–water partition coefficient (Wildman–Crippen LogP) is 3.49. The molecule has 8 heteroatoms. The van der Waals surface area contributed by atoms with Crippen molar-refractivity contribution in [3.05, 3.63) is 65.7 Å². The van der Waals surface area contributed by atoms with Gasteiger partial charge < -0.3 is 19.7 Å². The summed E-state index contributed by atoms with van der Waals surface area (Å²) in [4.78, 5) is 11.6. The number of aliphatic hydroxyl groups is 1. The van der Waals surface area contributed by atoms with E-state index in [9.17, 15) is 15.0 Å². The van der Waals surface area contributed by atoms with Crippen LogP contribution in [0.25, 0.3) is 0 Å². The van der Waals surface area contributed by atoms with Crippen molar-refractivity contribution < 1.29 is 46.2 Å². The molecule has 0 aliphatic rings. The Morgan fingerprint density at radius 3 is 2.14 bits per heavy atom. The van der Waals surface area contributed by atoms with Crippen LogP contribution in [0.4, 0.5) is 0 Å². The second-order valence-electron chi connectivity index (χ2n) is 5.99. The molecule has 0 heterocycles. The van der Waals surface area contributed by atoms with Crippen LogP contribution < -0.4 is 4.74 Å². The largest absolute Gasteiger partial charge is 0.497 e. The van der Waals surface area contributed by atoms with E-state index in [1.165, 1.54) is 0 Å². The van der Waals surface area contributed by atoms with Crippen LogP contribution in [0, 0.1) is 5.92 Å². The summed E-state index contributed by atoms with van der Waals surface area (Å²) in [5.74, 6) is -1.20. The van der Waals surface area contributed by atoms with E-state index in [-0.39, 0.29) is 28.1 Å². The Bertz CT molecular complexity index is 687. The number of aliphatic carboxylic acids is 1. The molecule has 3 atom stereocenters. The first kappa shape index (κ1) is 26.9. The van der Waals surface area contributed by atoms with Crippen LogP contribution in [0.15, 0.2) is 54.6 Å². The van der Waals surface area contributed by atoms with E-state index in [2.05, 4.69) is 19.8 Å².